The van der Waals surface area contributed by atoms with Gasteiger partial charge in [0.25, 0.3) is 11.6 Å². The molecule has 0 saturated carbocycles. The lowest BCUT2D eigenvalue weighted by Crippen LogP contribution is -2.46. The first kappa shape index (κ1) is 19.9. The highest BCUT2D eigenvalue weighted by molar-refractivity contribution is 6.00. The quantitative estimate of drug-likeness (QED) is 0.612. The SMILES string of the molecule is CCOC(=O)N1CCC(NC(=O)c2cc([N+](=O)[O-])ccc2N2CCCC2)CC1. The Morgan fingerprint density at radius 2 is 1.89 bits per heavy atom. The Labute approximate surface area is 163 Å². The number of nitro benzene ring substituents is 1. The van der Waals surface area contributed by atoms with Gasteiger partial charge in [-0.3, -0.25) is 14.9 Å². The number of carbonyl (C=O) groups excluding carboxylic acids is 2. The van der Waals surface area contributed by atoms with Gasteiger partial charge in [0.05, 0.1) is 22.8 Å². The predicted molar refractivity (Wildman–Crippen MR) is 104 cm³/mol. The molecule has 2 saturated heterocycles. The number of hydrogen-bond donors (Lipinski definition) is 1. The minimum absolute atomic E-state index is 0.0798. The molecule has 28 heavy (non-hydrogen) atoms. The summed E-state index contributed by atoms with van der Waals surface area (Å²) in [5.74, 6) is -0.305. The van der Waals surface area contributed by atoms with Crippen LogP contribution in [0.25, 0.3) is 0 Å². The minimum Gasteiger partial charge on any atom is -0.450 e. The number of hydrogen-bond acceptors (Lipinski definition) is 6. The molecule has 1 N–H and O–H groups in total. The smallest absolute Gasteiger partial charge is 0.409 e. The van der Waals surface area contributed by atoms with Crippen LogP contribution in [-0.2, 0) is 4.74 Å². The molecule has 0 atom stereocenters. The lowest BCUT2D eigenvalue weighted by Gasteiger charge is -2.32. The van der Waals surface area contributed by atoms with E-state index in [0.29, 0.717) is 38.1 Å². The zero-order valence-electron chi connectivity index (χ0n) is 16.1. The largest absolute Gasteiger partial charge is 0.450 e. The molecule has 2 aliphatic rings. The van der Waals surface area contributed by atoms with Gasteiger partial charge in [0.2, 0.25) is 0 Å². The number of ether oxygens (including phenoxy) is 1. The van der Waals surface area contributed by atoms with Crippen LogP contribution >= 0.6 is 0 Å². The highest BCUT2D eigenvalue weighted by Crippen LogP contribution is 2.28. The van der Waals surface area contributed by atoms with E-state index in [2.05, 4.69) is 10.2 Å². The van der Waals surface area contributed by atoms with E-state index in [4.69, 9.17) is 4.74 Å². The number of piperidine rings is 1. The number of likely N-dealkylation sites (tertiary alicyclic amines) is 1. The zero-order chi connectivity index (χ0) is 20.1. The molecule has 2 heterocycles. The van der Waals surface area contributed by atoms with Crippen molar-refractivity contribution in [3.63, 3.8) is 0 Å². The Balaban J connectivity index is 1.69. The second kappa shape index (κ2) is 8.90. The second-order valence-electron chi connectivity index (χ2n) is 7.09. The fraction of sp³-hybridized carbons (Fsp3) is 0.579. The summed E-state index contributed by atoms with van der Waals surface area (Å²) >= 11 is 0. The molecule has 0 aliphatic carbocycles. The van der Waals surface area contributed by atoms with Gasteiger partial charge in [-0.15, -0.1) is 0 Å². The fourth-order valence-electron chi connectivity index (χ4n) is 3.74. The Morgan fingerprint density at radius 1 is 1.21 bits per heavy atom. The first-order valence-corrected chi connectivity index (χ1v) is 9.75. The second-order valence-corrected chi connectivity index (χ2v) is 7.09. The van der Waals surface area contributed by atoms with Crippen LogP contribution in [0.5, 0.6) is 0 Å². The van der Waals surface area contributed by atoms with Crippen molar-refractivity contribution in [2.24, 2.45) is 0 Å². The van der Waals surface area contributed by atoms with E-state index in [-0.39, 0.29) is 23.7 Å². The Kier molecular flexibility index (Phi) is 6.33. The van der Waals surface area contributed by atoms with Crippen molar-refractivity contribution in [3.8, 4) is 0 Å². The first-order chi connectivity index (χ1) is 13.5. The maximum absolute atomic E-state index is 12.9. The van der Waals surface area contributed by atoms with Gasteiger partial charge in [-0.1, -0.05) is 0 Å². The number of carbonyl (C=O) groups is 2. The van der Waals surface area contributed by atoms with Crippen molar-refractivity contribution in [2.75, 3.05) is 37.7 Å². The van der Waals surface area contributed by atoms with Crippen LogP contribution in [-0.4, -0.2) is 60.7 Å². The van der Waals surface area contributed by atoms with Crippen molar-refractivity contribution >= 4 is 23.4 Å². The Bertz CT molecular complexity index is 740. The van der Waals surface area contributed by atoms with Gasteiger partial charge in [0.15, 0.2) is 0 Å². The van der Waals surface area contributed by atoms with Crippen LogP contribution in [0, 0.1) is 10.1 Å². The lowest BCUT2D eigenvalue weighted by molar-refractivity contribution is -0.384. The molecule has 0 aromatic heterocycles. The van der Waals surface area contributed by atoms with E-state index in [1.54, 1.807) is 17.9 Å². The third-order valence-electron chi connectivity index (χ3n) is 5.24. The Hall–Kier alpha value is -2.84. The summed E-state index contributed by atoms with van der Waals surface area (Å²) in [5.41, 5.74) is 0.985. The van der Waals surface area contributed by atoms with E-state index >= 15 is 0 Å². The van der Waals surface area contributed by atoms with E-state index in [1.807, 2.05) is 0 Å². The molecule has 0 unspecified atom stereocenters. The van der Waals surface area contributed by atoms with Gasteiger partial charge in [-0.25, -0.2) is 4.79 Å². The standard InChI is InChI=1S/C19H26N4O5/c1-2-28-19(25)22-11-7-14(8-12-22)20-18(24)16-13-15(23(26)27)5-6-17(16)21-9-3-4-10-21/h5-6,13-14H,2-4,7-12H2,1H3,(H,20,24). The summed E-state index contributed by atoms with van der Waals surface area (Å²) in [6.07, 6.45) is 3.01. The van der Waals surface area contributed by atoms with E-state index in [9.17, 15) is 19.7 Å². The highest BCUT2D eigenvalue weighted by Gasteiger charge is 2.27. The number of rotatable bonds is 5. The first-order valence-electron chi connectivity index (χ1n) is 9.75. The van der Waals surface area contributed by atoms with Gasteiger partial charge in [-0.05, 0) is 38.7 Å². The maximum atomic E-state index is 12.9. The number of benzene rings is 1. The molecule has 0 bridgehead atoms. The van der Waals surface area contributed by atoms with Crippen LogP contribution < -0.4 is 10.2 Å². The van der Waals surface area contributed by atoms with E-state index in [0.717, 1.165) is 31.6 Å². The van der Waals surface area contributed by atoms with Crippen LogP contribution in [0.15, 0.2) is 18.2 Å². The van der Waals surface area contributed by atoms with Crippen molar-refractivity contribution in [2.45, 2.75) is 38.6 Å². The minimum atomic E-state index is -0.484. The average molecular weight is 390 g/mol. The van der Waals surface area contributed by atoms with Gasteiger partial charge < -0.3 is 19.9 Å². The number of non-ortho nitro benzene ring substituents is 1. The Morgan fingerprint density at radius 3 is 2.50 bits per heavy atom. The molecular weight excluding hydrogens is 364 g/mol. The summed E-state index contributed by atoms with van der Waals surface area (Å²) in [7, 11) is 0. The van der Waals surface area contributed by atoms with Crippen molar-refractivity contribution in [1.82, 2.24) is 10.2 Å². The summed E-state index contributed by atoms with van der Waals surface area (Å²) in [6.45, 7) is 4.81. The fourth-order valence-corrected chi connectivity index (χ4v) is 3.74. The van der Waals surface area contributed by atoms with Crippen molar-refractivity contribution in [3.05, 3.63) is 33.9 Å². The molecular formula is C19H26N4O5. The summed E-state index contributed by atoms with van der Waals surface area (Å²) in [5, 5.41) is 14.2. The third kappa shape index (κ3) is 4.52. The molecule has 2 fully saturated rings. The summed E-state index contributed by atoms with van der Waals surface area (Å²) in [6, 6.07) is 4.39. The molecule has 1 aromatic rings. The van der Waals surface area contributed by atoms with Crippen LogP contribution in [0.1, 0.15) is 43.0 Å². The van der Waals surface area contributed by atoms with E-state index < -0.39 is 4.92 Å². The average Bonchev–Trinajstić information content (AvgIpc) is 3.22. The molecule has 2 aliphatic heterocycles. The lowest BCUT2D eigenvalue weighted by atomic mass is 10.0. The maximum Gasteiger partial charge on any atom is 0.409 e. The molecule has 9 nitrogen and oxygen atoms in total. The van der Waals surface area contributed by atoms with Gasteiger partial charge in [0, 0.05) is 44.4 Å². The molecule has 0 radical (unpaired) electrons. The predicted octanol–water partition coefficient (Wildman–Crippen LogP) is 2.55. The number of nitrogens with one attached hydrogen (secondary N) is 1. The summed E-state index contributed by atoms with van der Waals surface area (Å²) < 4.78 is 5.01. The van der Waals surface area contributed by atoms with Gasteiger partial charge >= 0.3 is 6.09 Å². The normalized spacial score (nSPS) is 17.5. The number of nitro groups is 1. The monoisotopic (exact) mass is 390 g/mol. The van der Waals surface area contributed by atoms with Gasteiger partial charge in [0.1, 0.15) is 0 Å². The van der Waals surface area contributed by atoms with Crippen LogP contribution in [0.2, 0.25) is 0 Å². The summed E-state index contributed by atoms with van der Waals surface area (Å²) in [4.78, 5) is 39.1. The van der Waals surface area contributed by atoms with Crippen LogP contribution in [0.4, 0.5) is 16.2 Å². The zero-order valence-corrected chi connectivity index (χ0v) is 16.1. The van der Waals surface area contributed by atoms with Gasteiger partial charge in [-0.2, -0.15) is 0 Å². The third-order valence-corrected chi connectivity index (χ3v) is 5.24. The molecule has 3 rings (SSSR count). The van der Waals surface area contributed by atoms with Crippen molar-refractivity contribution in [1.29, 1.82) is 0 Å². The van der Waals surface area contributed by atoms with Crippen molar-refractivity contribution < 1.29 is 19.2 Å². The molecule has 9 heteroatoms. The highest BCUT2D eigenvalue weighted by atomic mass is 16.6. The molecule has 1 aromatic carbocycles. The van der Waals surface area contributed by atoms with E-state index in [1.165, 1.54) is 12.1 Å². The number of nitrogens with zero attached hydrogens (tertiary/aromatic N) is 3. The molecule has 2 amide bonds. The number of amides is 2. The van der Waals surface area contributed by atoms with Crippen LogP contribution in [0.3, 0.4) is 0 Å². The molecule has 152 valence electrons. The topological polar surface area (TPSA) is 105 Å². The molecule has 0 spiro atoms. The number of anilines is 1.